The summed E-state index contributed by atoms with van der Waals surface area (Å²) in [7, 11) is 0. The fourth-order valence-corrected chi connectivity index (χ4v) is 2.81. The van der Waals surface area contributed by atoms with Gasteiger partial charge in [-0.3, -0.25) is 33.6 Å². The van der Waals surface area contributed by atoms with E-state index in [-0.39, 0.29) is 0 Å². The summed E-state index contributed by atoms with van der Waals surface area (Å²) >= 11 is 0. The fraction of sp³-hybridized carbons (Fsp3) is 0.600. The Labute approximate surface area is 214 Å². The second-order valence-corrected chi connectivity index (χ2v) is 8.03. The molecule has 18 heteroatoms. The van der Waals surface area contributed by atoms with E-state index in [0.717, 1.165) is 6.92 Å². The van der Waals surface area contributed by atoms with Gasteiger partial charge in [-0.1, -0.05) is 0 Å². The van der Waals surface area contributed by atoms with Crippen molar-refractivity contribution in [3.63, 3.8) is 0 Å². The van der Waals surface area contributed by atoms with Crippen LogP contribution in [0.2, 0.25) is 0 Å². The molecule has 4 amide bonds. The number of aliphatic hydroxyl groups excluding tert-OH is 1. The molecule has 214 valence electrons. The highest BCUT2D eigenvalue weighted by atomic mass is 16.4. The molecule has 0 aromatic heterocycles. The van der Waals surface area contributed by atoms with Crippen molar-refractivity contribution < 1.29 is 63.9 Å². The number of carboxylic acids is 4. The molecule has 0 bridgehead atoms. The van der Waals surface area contributed by atoms with E-state index in [2.05, 4.69) is 10.6 Å². The van der Waals surface area contributed by atoms with E-state index in [1.54, 1.807) is 0 Å². The van der Waals surface area contributed by atoms with Crippen molar-refractivity contribution in [3.8, 4) is 0 Å². The number of nitrogens with two attached hydrogens (primary N) is 1. The molecule has 0 aliphatic heterocycles. The number of nitrogens with one attached hydrogen (secondary N) is 4. The van der Waals surface area contributed by atoms with Crippen molar-refractivity contribution in [1.82, 2.24) is 21.3 Å². The maximum Gasteiger partial charge on any atom is 0.328 e. The average Bonchev–Trinajstić information content (AvgIpc) is 2.79. The highest BCUT2D eigenvalue weighted by Gasteiger charge is 2.32. The van der Waals surface area contributed by atoms with Gasteiger partial charge in [0, 0.05) is 12.8 Å². The fourth-order valence-electron chi connectivity index (χ4n) is 2.81. The van der Waals surface area contributed by atoms with Crippen LogP contribution in [0.3, 0.4) is 0 Å². The molecule has 0 radical (unpaired) electrons. The lowest BCUT2D eigenvalue weighted by Gasteiger charge is -2.25. The summed E-state index contributed by atoms with van der Waals surface area (Å²) in [5, 5.41) is 53.4. The first-order valence-corrected chi connectivity index (χ1v) is 11.0. The number of hydrogen-bond donors (Lipinski definition) is 10. The zero-order chi connectivity index (χ0) is 29.6. The third kappa shape index (κ3) is 13.7. The molecule has 0 aliphatic carbocycles. The highest BCUT2D eigenvalue weighted by Crippen LogP contribution is 2.05. The van der Waals surface area contributed by atoms with Crippen molar-refractivity contribution in [3.05, 3.63) is 0 Å². The molecule has 0 saturated carbocycles. The van der Waals surface area contributed by atoms with Crippen molar-refractivity contribution in [1.29, 1.82) is 0 Å². The summed E-state index contributed by atoms with van der Waals surface area (Å²) in [6.45, 7) is 0.287. The van der Waals surface area contributed by atoms with Gasteiger partial charge in [0.05, 0.1) is 25.1 Å². The second-order valence-electron chi connectivity index (χ2n) is 8.03. The van der Waals surface area contributed by atoms with E-state index < -0.39 is 116 Å². The first-order chi connectivity index (χ1) is 17.5. The van der Waals surface area contributed by atoms with Crippen LogP contribution in [0.1, 0.15) is 39.0 Å². The smallest absolute Gasteiger partial charge is 0.328 e. The Hall–Kier alpha value is -4.32. The van der Waals surface area contributed by atoms with E-state index in [9.17, 15) is 43.5 Å². The van der Waals surface area contributed by atoms with Crippen molar-refractivity contribution in [2.75, 3.05) is 6.54 Å². The number of carbonyl (C=O) groups is 8. The van der Waals surface area contributed by atoms with Gasteiger partial charge in [0.15, 0.2) is 6.04 Å². The third-order valence-electron chi connectivity index (χ3n) is 4.78. The van der Waals surface area contributed by atoms with Gasteiger partial charge >= 0.3 is 23.9 Å². The summed E-state index contributed by atoms with van der Waals surface area (Å²) < 4.78 is 0. The quantitative estimate of drug-likeness (QED) is 0.0771. The normalized spacial score (nSPS) is 14.5. The van der Waals surface area contributed by atoms with Crippen LogP contribution < -0.4 is 27.0 Å². The first-order valence-electron chi connectivity index (χ1n) is 11.0. The largest absolute Gasteiger partial charge is 0.481 e. The summed E-state index contributed by atoms with van der Waals surface area (Å²) in [6.07, 6.45) is -4.61. The second kappa shape index (κ2) is 16.4. The van der Waals surface area contributed by atoms with Crippen LogP contribution in [-0.4, -0.2) is 110 Å². The first kappa shape index (κ1) is 33.7. The molecule has 11 N–H and O–H groups in total. The van der Waals surface area contributed by atoms with Crippen LogP contribution in [-0.2, 0) is 38.4 Å². The van der Waals surface area contributed by atoms with E-state index in [1.165, 1.54) is 0 Å². The maximum absolute atomic E-state index is 12.8. The van der Waals surface area contributed by atoms with Gasteiger partial charge in [-0.25, -0.2) is 4.79 Å². The number of amides is 4. The molecule has 0 saturated heterocycles. The minimum atomic E-state index is -1.80. The Balaban J connectivity index is 5.53. The van der Waals surface area contributed by atoms with Crippen LogP contribution in [0.5, 0.6) is 0 Å². The molecule has 38 heavy (non-hydrogen) atoms. The minimum absolute atomic E-state index is 0.502. The Morgan fingerprint density at radius 3 is 1.61 bits per heavy atom. The third-order valence-corrected chi connectivity index (χ3v) is 4.78. The highest BCUT2D eigenvalue weighted by molar-refractivity contribution is 5.95. The molecule has 0 unspecified atom stereocenters. The lowest BCUT2D eigenvalue weighted by Crippen LogP contribution is -2.58. The number of carbonyl (C=O) groups excluding carboxylic acids is 4. The van der Waals surface area contributed by atoms with Gasteiger partial charge in [-0.15, -0.1) is 0 Å². The average molecular weight is 549 g/mol. The molecule has 0 fully saturated rings. The lowest BCUT2D eigenvalue weighted by atomic mass is 10.1. The molecule has 0 aliphatic rings. The van der Waals surface area contributed by atoms with Crippen LogP contribution in [0.15, 0.2) is 0 Å². The van der Waals surface area contributed by atoms with Gasteiger partial charge in [0.1, 0.15) is 12.1 Å². The Morgan fingerprint density at radius 2 is 1.18 bits per heavy atom. The molecule has 0 aromatic carbocycles. The SMILES string of the molecule is C[C@@H](O)[C@H](NC(=O)[C@H](CCC(=O)O)NC(=O)[C@H](CCC(=O)O)NC(=O)CNC(=O)[C@@H](N)CC(=O)O)C(=O)O. The molecule has 5 atom stereocenters. The summed E-state index contributed by atoms with van der Waals surface area (Å²) in [5.41, 5.74) is 5.35. The van der Waals surface area contributed by atoms with Crippen LogP contribution >= 0.6 is 0 Å². The summed E-state index contributed by atoms with van der Waals surface area (Å²) in [5.74, 6) is -10.0. The van der Waals surface area contributed by atoms with Gasteiger partial charge in [0.25, 0.3) is 0 Å². The van der Waals surface area contributed by atoms with E-state index in [0.29, 0.717) is 0 Å². The van der Waals surface area contributed by atoms with Crippen LogP contribution in [0.25, 0.3) is 0 Å². The Bertz CT molecular complexity index is 923. The lowest BCUT2D eigenvalue weighted by molar-refractivity contribution is -0.145. The van der Waals surface area contributed by atoms with Gasteiger partial charge in [0.2, 0.25) is 23.6 Å². The van der Waals surface area contributed by atoms with Crippen molar-refractivity contribution in [2.45, 2.75) is 69.3 Å². The molecule has 0 aromatic rings. The minimum Gasteiger partial charge on any atom is -0.481 e. The summed E-state index contributed by atoms with van der Waals surface area (Å²) in [6, 6.07) is -6.53. The topological polar surface area (TPSA) is 312 Å². The predicted molar refractivity (Wildman–Crippen MR) is 122 cm³/mol. The standard InChI is InChI=1S/C20H31N5O13/c1-8(26)16(20(37)38)25-19(36)11(3-5-14(30)31)24-18(35)10(2-4-13(28)29)23-12(27)7-22-17(34)9(21)6-15(32)33/h8-11,16,26H,2-7,21H2,1H3,(H,22,34)(H,23,27)(H,24,35)(H,25,36)(H,28,29)(H,30,31)(H,32,33)(H,37,38)/t8-,9+,10+,11+,16+/m1/s1. The van der Waals surface area contributed by atoms with Gasteiger partial charge in [-0.05, 0) is 19.8 Å². The molecule has 0 rings (SSSR count). The van der Waals surface area contributed by atoms with Crippen molar-refractivity contribution >= 4 is 47.5 Å². The molecule has 0 heterocycles. The predicted octanol–water partition coefficient (Wildman–Crippen LogP) is -4.45. The Morgan fingerprint density at radius 1 is 0.711 bits per heavy atom. The maximum atomic E-state index is 12.8. The van der Waals surface area contributed by atoms with Gasteiger partial charge < -0.3 is 52.5 Å². The zero-order valence-corrected chi connectivity index (χ0v) is 20.2. The van der Waals surface area contributed by atoms with E-state index >= 15 is 0 Å². The van der Waals surface area contributed by atoms with Crippen LogP contribution in [0, 0.1) is 0 Å². The summed E-state index contributed by atoms with van der Waals surface area (Å²) in [4.78, 5) is 93.1. The number of carboxylic acid groups (broad SMARTS) is 4. The number of aliphatic hydroxyl groups is 1. The number of hydrogen-bond acceptors (Lipinski definition) is 10. The molecule has 0 spiro atoms. The van der Waals surface area contributed by atoms with Gasteiger partial charge in [-0.2, -0.15) is 0 Å². The monoisotopic (exact) mass is 549 g/mol. The van der Waals surface area contributed by atoms with Crippen molar-refractivity contribution in [2.24, 2.45) is 5.73 Å². The molecular formula is C20H31N5O13. The molecular weight excluding hydrogens is 518 g/mol. The molecule has 18 nitrogen and oxygen atoms in total. The Kier molecular flexibility index (Phi) is 14.6. The van der Waals surface area contributed by atoms with Crippen LogP contribution in [0.4, 0.5) is 0 Å². The van der Waals surface area contributed by atoms with E-state index in [1.807, 2.05) is 10.6 Å². The number of rotatable bonds is 18. The zero-order valence-electron chi connectivity index (χ0n) is 20.2. The number of aliphatic carboxylic acids is 4. The van der Waals surface area contributed by atoms with E-state index in [4.69, 9.17) is 26.2 Å².